The average molecular weight is 1160 g/mol. The Hall–Kier alpha value is -8.54. The summed E-state index contributed by atoms with van der Waals surface area (Å²) in [5, 5.41) is 10.8. The molecule has 2 aliphatic rings. The summed E-state index contributed by atoms with van der Waals surface area (Å²) in [5.41, 5.74) is 21.7. The van der Waals surface area contributed by atoms with Gasteiger partial charge in [-0.1, -0.05) is 222 Å². The van der Waals surface area contributed by atoms with Gasteiger partial charge in [-0.2, -0.15) is 0 Å². The van der Waals surface area contributed by atoms with Crippen molar-refractivity contribution >= 4 is 111 Å². The van der Waals surface area contributed by atoms with Gasteiger partial charge in [-0.25, -0.2) is 9.97 Å². The second-order valence-corrected chi connectivity index (χ2v) is 32.2. The van der Waals surface area contributed by atoms with Crippen LogP contribution in [0.25, 0.3) is 76.6 Å². The Morgan fingerprint density at radius 3 is 1.00 bits per heavy atom. The first-order valence-corrected chi connectivity index (χ1v) is 32.3. The molecule has 11 aromatic carbocycles. The predicted octanol–water partition coefficient (Wildman–Crippen LogP) is 21.4. The van der Waals surface area contributed by atoms with Gasteiger partial charge >= 0.3 is 0 Å². The topological polar surface area (TPSA) is 32.3 Å². The van der Waals surface area contributed by atoms with Crippen molar-refractivity contribution in [1.82, 2.24) is 9.97 Å². The number of aromatic nitrogens is 2. The molecule has 0 radical (unpaired) electrons. The summed E-state index contributed by atoms with van der Waals surface area (Å²) in [6, 6.07) is 73.1. The lowest BCUT2D eigenvalue weighted by atomic mass is 9.33. The van der Waals surface area contributed by atoms with Gasteiger partial charge in [0.05, 0.1) is 11.2 Å². The third-order valence-electron chi connectivity index (χ3n) is 19.3. The summed E-state index contributed by atoms with van der Waals surface area (Å²) < 4.78 is 0. The maximum absolute atomic E-state index is 5.91. The number of benzene rings is 11. The predicted molar refractivity (Wildman–Crippen MR) is 387 cm³/mol. The van der Waals surface area contributed by atoms with Crippen molar-refractivity contribution in [3.8, 4) is 22.6 Å². The normalized spacial score (nSPS) is 13.9. The van der Waals surface area contributed by atoms with Crippen molar-refractivity contribution < 1.29 is 0 Å². The highest BCUT2D eigenvalue weighted by Gasteiger charge is 2.45. The fraction of sp³-hybridized carbons (Fsp3) is 0.286. The highest BCUT2D eigenvalue weighted by Crippen LogP contribution is 2.51. The van der Waals surface area contributed by atoms with Crippen LogP contribution >= 0.6 is 0 Å². The van der Waals surface area contributed by atoms with Crippen LogP contribution in [0.2, 0.25) is 0 Å². The van der Waals surface area contributed by atoms with Gasteiger partial charge in [-0.3, -0.25) is 0 Å². The first-order valence-electron chi connectivity index (χ1n) is 32.3. The van der Waals surface area contributed by atoms with Crippen LogP contribution < -0.4 is 26.2 Å². The fourth-order valence-corrected chi connectivity index (χ4v) is 13.8. The molecular formula is C84H85BN4. The Bertz CT molecular complexity index is 4600. The molecule has 3 heterocycles. The molecule has 0 N–H and O–H groups in total. The number of nitrogens with zero attached hydrogens (tertiary/aromatic N) is 4. The number of rotatable bonds is 4. The van der Waals surface area contributed by atoms with Crippen LogP contribution in [0.15, 0.2) is 188 Å². The van der Waals surface area contributed by atoms with Crippen LogP contribution in [-0.4, -0.2) is 16.7 Å². The van der Waals surface area contributed by atoms with E-state index in [2.05, 4.69) is 322 Å². The second-order valence-electron chi connectivity index (χ2n) is 32.2. The standard InChI is InChI=1S/C84H85BN4/c1-79(2,3)60-35-59(36-61(43-60)80(4,5)6)78-86-71-30-24-23-29-68(71)77(87-78)58-41-74-76-75(42-58)89(67-48-64(83(13,14)15)45-65(49-67)84(16,17)18)73-40-57-34-53-28-22-20-26-51(53)32-55(57)38-70(73)85(76)69-37-54-31-50-25-19-21-27-52(50)33-56(54)39-72(69)88(74)66-46-62(81(7,8)9)44-63(47-66)82(10,11)12/h19-49H,1-18H3. The zero-order valence-corrected chi connectivity index (χ0v) is 55.8. The zero-order valence-electron chi connectivity index (χ0n) is 55.8. The molecule has 0 saturated carbocycles. The van der Waals surface area contributed by atoms with Gasteiger partial charge in [-0.15, -0.1) is 0 Å². The van der Waals surface area contributed by atoms with Gasteiger partial charge < -0.3 is 9.80 Å². The summed E-state index contributed by atoms with van der Waals surface area (Å²) in [6.45, 7) is 42.0. The Morgan fingerprint density at radius 2 is 0.629 bits per heavy atom. The maximum Gasteiger partial charge on any atom is 0.252 e. The van der Waals surface area contributed by atoms with E-state index in [1.54, 1.807) is 0 Å². The molecule has 0 unspecified atom stereocenters. The molecule has 12 aromatic rings. The van der Waals surface area contributed by atoms with E-state index in [0.717, 1.165) is 56.3 Å². The molecule has 1 aromatic heterocycles. The van der Waals surface area contributed by atoms with Crippen molar-refractivity contribution in [3.63, 3.8) is 0 Å². The largest absolute Gasteiger partial charge is 0.311 e. The molecule has 89 heavy (non-hydrogen) atoms. The molecule has 444 valence electrons. The number of hydrogen-bond donors (Lipinski definition) is 0. The first-order chi connectivity index (χ1) is 41.8. The molecule has 0 atom stereocenters. The molecule has 0 bridgehead atoms. The van der Waals surface area contributed by atoms with E-state index < -0.39 is 0 Å². The first kappa shape index (κ1) is 58.2. The quantitative estimate of drug-likeness (QED) is 0.130. The van der Waals surface area contributed by atoms with Crippen LogP contribution in [0.4, 0.5) is 34.1 Å². The highest BCUT2D eigenvalue weighted by molar-refractivity contribution is 7.00. The van der Waals surface area contributed by atoms with E-state index in [-0.39, 0.29) is 39.2 Å². The summed E-state index contributed by atoms with van der Waals surface area (Å²) in [5.74, 6) is 0.724. The Balaban J connectivity index is 1.18. The molecule has 0 spiro atoms. The minimum atomic E-state index is -0.160. The van der Waals surface area contributed by atoms with Crippen molar-refractivity contribution in [2.75, 3.05) is 9.80 Å². The van der Waals surface area contributed by atoms with Gasteiger partial charge in [0.2, 0.25) is 0 Å². The van der Waals surface area contributed by atoms with Crippen LogP contribution in [0.1, 0.15) is 158 Å². The number of fused-ring (bicyclic) bond motifs is 9. The SMILES string of the molecule is CC(C)(C)c1cc(-c2nc(-c3cc4c5c(c3)N(c3cc(C(C)(C)C)cc(C(C)(C)C)c3)c3cc6cc7ccccc7cc6cc3B5c3cc5cc6ccccc6cc5cc3N4c3cc(C(C)(C)C)cc(C(C)(C)C)c3)c3ccccc3n2)cc(C(C)(C)C)c1. The number of anilines is 6. The van der Waals surface area contributed by atoms with Gasteiger partial charge in [0.15, 0.2) is 5.82 Å². The number of para-hydroxylation sites is 1. The summed E-state index contributed by atoms with van der Waals surface area (Å²) >= 11 is 0. The lowest BCUT2D eigenvalue weighted by Gasteiger charge is -2.45. The van der Waals surface area contributed by atoms with E-state index in [1.807, 2.05) is 0 Å². The number of hydrogen-bond acceptors (Lipinski definition) is 4. The second kappa shape index (κ2) is 20.0. The molecule has 0 saturated heterocycles. The van der Waals surface area contributed by atoms with Crippen LogP contribution in [0, 0.1) is 0 Å². The zero-order chi connectivity index (χ0) is 62.8. The van der Waals surface area contributed by atoms with E-state index in [4.69, 9.17) is 9.97 Å². The van der Waals surface area contributed by atoms with Crippen LogP contribution in [-0.2, 0) is 32.5 Å². The summed E-state index contributed by atoms with van der Waals surface area (Å²) in [6.07, 6.45) is 0. The van der Waals surface area contributed by atoms with Crippen LogP contribution in [0.5, 0.6) is 0 Å². The minimum Gasteiger partial charge on any atom is -0.311 e. The maximum atomic E-state index is 5.91. The van der Waals surface area contributed by atoms with Crippen molar-refractivity contribution in [2.24, 2.45) is 0 Å². The van der Waals surface area contributed by atoms with E-state index in [9.17, 15) is 0 Å². The molecule has 0 fully saturated rings. The molecule has 14 rings (SSSR count). The third-order valence-corrected chi connectivity index (χ3v) is 19.3. The van der Waals surface area contributed by atoms with Crippen molar-refractivity contribution in [1.29, 1.82) is 0 Å². The molecule has 0 amide bonds. The van der Waals surface area contributed by atoms with E-state index in [0.29, 0.717) is 0 Å². The lowest BCUT2D eigenvalue weighted by Crippen LogP contribution is -2.61. The third kappa shape index (κ3) is 10.2. The molecular weight excluding hydrogens is 1080 g/mol. The monoisotopic (exact) mass is 1160 g/mol. The van der Waals surface area contributed by atoms with Gasteiger partial charge in [0, 0.05) is 50.6 Å². The Kier molecular flexibility index (Phi) is 13.1. The van der Waals surface area contributed by atoms with Crippen molar-refractivity contribution in [2.45, 2.75) is 157 Å². The lowest BCUT2D eigenvalue weighted by molar-refractivity contribution is 0.568. The van der Waals surface area contributed by atoms with Crippen LogP contribution in [0.3, 0.4) is 0 Å². The molecule has 5 heteroatoms. The van der Waals surface area contributed by atoms with Gasteiger partial charge in [0.25, 0.3) is 6.71 Å². The fourth-order valence-electron chi connectivity index (χ4n) is 13.8. The summed E-state index contributed by atoms with van der Waals surface area (Å²) in [4.78, 5) is 16.7. The van der Waals surface area contributed by atoms with E-state index >= 15 is 0 Å². The Morgan fingerprint density at radius 1 is 0.292 bits per heavy atom. The average Bonchev–Trinajstić information content (AvgIpc) is 0.695. The smallest absolute Gasteiger partial charge is 0.252 e. The summed E-state index contributed by atoms with van der Waals surface area (Å²) in [7, 11) is 0. The Labute approximate surface area is 529 Å². The molecule has 0 aliphatic carbocycles. The van der Waals surface area contributed by atoms with Gasteiger partial charge in [0.1, 0.15) is 0 Å². The van der Waals surface area contributed by atoms with Gasteiger partial charge in [-0.05, 0) is 216 Å². The molecule has 4 nitrogen and oxygen atoms in total. The molecule has 2 aliphatic heterocycles. The highest BCUT2D eigenvalue weighted by atomic mass is 15.2. The van der Waals surface area contributed by atoms with E-state index in [1.165, 1.54) is 104 Å². The van der Waals surface area contributed by atoms with Crippen molar-refractivity contribution in [3.05, 3.63) is 221 Å². The minimum absolute atomic E-state index is 0.0992.